The van der Waals surface area contributed by atoms with Gasteiger partial charge in [0.15, 0.2) is 0 Å². The molecule has 26 heavy (non-hydrogen) atoms. The third kappa shape index (κ3) is 4.16. The molecule has 7 heteroatoms. The number of benzene rings is 1. The summed E-state index contributed by atoms with van der Waals surface area (Å²) in [6.07, 6.45) is 0. The molecule has 3 aromatic rings. The lowest BCUT2D eigenvalue weighted by atomic mass is 10.2. The zero-order chi connectivity index (χ0) is 18.7. The highest BCUT2D eigenvalue weighted by atomic mass is 32.2. The molecule has 0 atom stereocenters. The smallest absolute Gasteiger partial charge is 0.230 e. The Morgan fingerprint density at radius 1 is 1.19 bits per heavy atom. The number of hydrogen-bond donors (Lipinski definition) is 1. The molecule has 3 rings (SSSR count). The number of rotatable bonds is 6. The van der Waals surface area contributed by atoms with Crippen LogP contribution in [0.3, 0.4) is 0 Å². The summed E-state index contributed by atoms with van der Waals surface area (Å²) in [5, 5.41) is 4.91. The Balaban J connectivity index is 1.63. The maximum absolute atomic E-state index is 12.2. The number of aromatic nitrogens is 2. The first-order chi connectivity index (χ1) is 12.5. The van der Waals surface area contributed by atoms with Gasteiger partial charge in [-0.15, -0.1) is 11.3 Å². The third-order valence-electron chi connectivity index (χ3n) is 4.10. The summed E-state index contributed by atoms with van der Waals surface area (Å²) < 4.78 is 5.14. The number of fused-ring (bicyclic) bond motifs is 1. The minimum absolute atomic E-state index is 0.0140. The van der Waals surface area contributed by atoms with Gasteiger partial charge in [-0.25, -0.2) is 9.97 Å². The Morgan fingerprint density at radius 3 is 2.62 bits per heavy atom. The molecule has 0 aliphatic carbocycles. The molecule has 1 aromatic carbocycles. The number of thiophene rings is 1. The van der Waals surface area contributed by atoms with Gasteiger partial charge in [0.05, 0.1) is 12.9 Å². The summed E-state index contributed by atoms with van der Waals surface area (Å²) in [6, 6.07) is 7.67. The van der Waals surface area contributed by atoms with E-state index in [2.05, 4.69) is 29.1 Å². The normalized spacial score (nSPS) is 10.9. The van der Waals surface area contributed by atoms with Gasteiger partial charge in [0.2, 0.25) is 5.91 Å². The minimum Gasteiger partial charge on any atom is -0.497 e. The van der Waals surface area contributed by atoms with Gasteiger partial charge in [0, 0.05) is 16.8 Å². The van der Waals surface area contributed by atoms with Crippen molar-refractivity contribution in [3.63, 3.8) is 0 Å². The number of nitrogens with zero attached hydrogens (tertiary/aromatic N) is 2. The molecule has 0 aliphatic heterocycles. The lowest BCUT2D eigenvalue weighted by molar-refractivity contribution is -0.118. The van der Waals surface area contributed by atoms with Gasteiger partial charge >= 0.3 is 0 Å². The number of aryl methyl sites for hydroxylation is 3. The Morgan fingerprint density at radius 2 is 1.92 bits per heavy atom. The second kappa shape index (κ2) is 8.05. The van der Waals surface area contributed by atoms with E-state index in [0.717, 1.165) is 32.4 Å². The minimum atomic E-state index is -0.0140. The molecule has 2 aromatic heterocycles. The average molecular weight is 388 g/mol. The standard InChI is InChI=1S/C19H21N3O2S2/c1-11-12(2)26-19-17(11)18(21-13(3)22-19)25-10-16(23)20-9-14-5-7-15(24-4)8-6-14/h5-8H,9-10H2,1-4H3,(H,20,23). The van der Waals surface area contributed by atoms with Crippen molar-refractivity contribution in [1.29, 1.82) is 0 Å². The third-order valence-corrected chi connectivity index (χ3v) is 6.17. The number of hydrogen-bond acceptors (Lipinski definition) is 6. The SMILES string of the molecule is COc1ccc(CNC(=O)CSc2nc(C)nc3sc(C)c(C)c23)cc1. The van der Waals surface area contributed by atoms with Gasteiger partial charge in [-0.1, -0.05) is 23.9 Å². The number of methoxy groups -OCH3 is 1. The van der Waals surface area contributed by atoms with Crippen LogP contribution in [0.15, 0.2) is 29.3 Å². The zero-order valence-corrected chi connectivity index (χ0v) is 16.9. The summed E-state index contributed by atoms with van der Waals surface area (Å²) in [5.41, 5.74) is 2.24. The molecule has 0 fully saturated rings. The zero-order valence-electron chi connectivity index (χ0n) is 15.3. The van der Waals surface area contributed by atoms with Crippen molar-refractivity contribution in [2.75, 3.05) is 12.9 Å². The van der Waals surface area contributed by atoms with Crippen molar-refractivity contribution < 1.29 is 9.53 Å². The molecule has 5 nitrogen and oxygen atoms in total. The molecule has 0 spiro atoms. The van der Waals surface area contributed by atoms with E-state index in [4.69, 9.17) is 4.74 Å². The Bertz CT molecular complexity index is 936. The molecular formula is C19H21N3O2S2. The summed E-state index contributed by atoms with van der Waals surface area (Å²) >= 11 is 3.14. The first-order valence-corrected chi connectivity index (χ1v) is 10.0. The second-order valence-electron chi connectivity index (χ2n) is 5.95. The summed E-state index contributed by atoms with van der Waals surface area (Å²) in [4.78, 5) is 23.5. The van der Waals surface area contributed by atoms with E-state index in [1.807, 2.05) is 31.2 Å². The van der Waals surface area contributed by atoms with Crippen LogP contribution in [0.25, 0.3) is 10.2 Å². The first kappa shape index (κ1) is 18.7. The van der Waals surface area contributed by atoms with E-state index >= 15 is 0 Å². The molecule has 1 amide bonds. The van der Waals surface area contributed by atoms with E-state index in [9.17, 15) is 4.79 Å². The maximum atomic E-state index is 12.2. The predicted octanol–water partition coefficient (Wildman–Crippen LogP) is 4.03. The van der Waals surface area contributed by atoms with Crippen molar-refractivity contribution in [1.82, 2.24) is 15.3 Å². The molecule has 2 heterocycles. The van der Waals surface area contributed by atoms with Crippen LogP contribution in [-0.2, 0) is 11.3 Å². The van der Waals surface area contributed by atoms with Crippen LogP contribution in [-0.4, -0.2) is 28.7 Å². The molecule has 1 N–H and O–H groups in total. The number of carbonyl (C=O) groups is 1. The van der Waals surface area contributed by atoms with Gasteiger partial charge < -0.3 is 10.1 Å². The van der Waals surface area contributed by atoms with Gasteiger partial charge in [0.1, 0.15) is 21.4 Å². The molecule has 0 aliphatic rings. The van der Waals surface area contributed by atoms with Gasteiger partial charge in [-0.2, -0.15) is 0 Å². The number of carbonyl (C=O) groups excluding carboxylic acids is 1. The van der Waals surface area contributed by atoms with Crippen molar-refractivity contribution in [3.8, 4) is 5.75 Å². The Labute approximate surface area is 161 Å². The quantitative estimate of drug-likeness (QED) is 0.511. The van der Waals surface area contributed by atoms with Crippen LogP contribution in [0.1, 0.15) is 21.8 Å². The Hall–Kier alpha value is -2.12. The summed E-state index contributed by atoms with van der Waals surface area (Å²) in [5.74, 6) is 1.86. The molecule has 0 saturated heterocycles. The summed E-state index contributed by atoms with van der Waals surface area (Å²) in [6.45, 7) is 6.56. The fourth-order valence-corrected chi connectivity index (χ4v) is 4.65. The van der Waals surface area contributed by atoms with E-state index in [0.29, 0.717) is 12.3 Å². The predicted molar refractivity (Wildman–Crippen MR) is 107 cm³/mol. The number of nitrogens with one attached hydrogen (secondary N) is 1. The van der Waals surface area contributed by atoms with Crippen LogP contribution in [0.5, 0.6) is 5.75 Å². The van der Waals surface area contributed by atoms with Gasteiger partial charge in [-0.05, 0) is 44.0 Å². The van der Waals surface area contributed by atoms with Crippen molar-refractivity contribution in [2.45, 2.75) is 32.3 Å². The largest absolute Gasteiger partial charge is 0.497 e. The van der Waals surface area contributed by atoms with Crippen LogP contribution in [0, 0.1) is 20.8 Å². The topological polar surface area (TPSA) is 64.1 Å². The number of thioether (sulfide) groups is 1. The van der Waals surface area contributed by atoms with E-state index in [-0.39, 0.29) is 5.91 Å². The number of ether oxygens (including phenoxy) is 1. The fourth-order valence-electron chi connectivity index (χ4n) is 2.55. The molecule has 0 unspecified atom stereocenters. The lowest BCUT2D eigenvalue weighted by Crippen LogP contribution is -2.24. The lowest BCUT2D eigenvalue weighted by Gasteiger charge is -2.07. The van der Waals surface area contributed by atoms with Crippen LogP contribution in [0.2, 0.25) is 0 Å². The number of amides is 1. The summed E-state index contributed by atoms with van der Waals surface area (Å²) in [7, 11) is 1.64. The van der Waals surface area contributed by atoms with Crippen LogP contribution in [0.4, 0.5) is 0 Å². The molecular weight excluding hydrogens is 366 g/mol. The Kier molecular flexibility index (Phi) is 5.78. The van der Waals surface area contributed by atoms with Crippen molar-refractivity contribution >= 4 is 39.2 Å². The van der Waals surface area contributed by atoms with Crippen LogP contribution < -0.4 is 10.1 Å². The van der Waals surface area contributed by atoms with Crippen molar-refractivity contribution in [2.24, 2.45) is 0 Å². The highest BCUT2D eigenvalue weighted by molar-refractivity contribution is 8.00. The molecule has 0 radical (unpaired) electrons. The van der Waals surface area contributed by atoms with E-state index in [1.165, 1.54) is 22.2 Å². The van der Waals surface area contributed by atoms with Gasteiger partial charge in [-0.3, -0.25) is 4.79 Å². The molecule has 0 saturated carbocycles. The highest BCUT2D eigenvalue weighted by Crippen LogP contribution is 2.34. The van der Waals surface area contributed by atoms with E-state index < -0.39 is 0 Å². The average Bonchev–Trinajstić information content (AvgIpc) is 2.92. The van der Waals surface area contributed by atoms with Crippen molar-refractivity contribution in [3.05, 3.63) is 46.1 Å². The fraction of sp³-hybridized carbons (Fsp3) is 0.316. The monoisotopic (exact) mass is 387 g/mol. The second-order valence-corrected chi connectivity index (χ2v) is 8.12. The first-order valence-electron chi connectivity index (χ1n) is 8.24. The maximum Gasteiger partial charge on any atom is 0.230 e. The van der Waals surface area contributed by atoms with E-state index in [1.54, 1.807) is 18.4 Å². The van der Waals surface area contributed by atoms with Crippen LogP contribution >= 0.6 is 23.1 Å². The molecule has 0 bridgehead atoms. The highest BCUT2D eigenvalue weighted by Gasteiger charge is 2.15. The van der Waals surface area contributed by atoms with Gasteiger partial charge in [0.25, 0.3) is 0 Å². The molecule has 136 valence electrons.